The first-order valence-corrected chi connectivity index (χ1v) is 6.19. The summed E-state index contributed by atoms with van der Waals surface area (Å²) >= 11 is 0. The van der Waals surface area contributed by atoms with Crippen molar-refractivity contribution >= 4 is 5.78 Å². The second kappa shape index (κ2) is 5.58. The van der Waals surface area contributed by atoms with Gasteiger partial charge in [-0.2, -0.15) is 0 Å². The molecule has 0 radical (unpaired) electrons. The van der Waals surface area contributed by atoms with E-state index < -0.39 is 0 Å². The van der Waals surface area contributed by atoms with Gasteiger partial charge in [0.15, 0.2) is 5.78 Å². The predicted molar refractivity (Wildman–Crippen MR) is 72.8 cm³/mol. The molecular weight excluding hydrogens is 222 g/mol. The summed E-state index contributed by atoms with van der Waals surface area (Å²) in [6.45, 7) is 4.26. The molecule has 0 aliphatic rings. The molecule has 0 fully saturated rings. The van der Waals surface area contributed by atoms with Crippen molar-refractivity contribution < 1.29 is 4.79 Å². The maximum absolute atomic E-state index is 12.2. The fraction of sp³-hybridized carbons (Fsp3) is 0.250. The number of carbonyl (C=O) groups is 1. The fourth-order valence-electron chi connectivity index (χ4n) is 1.86. The number of pyridine rings is 1. The Balaban J connectivity index is 2.16. The van der Waals surface area contributed by atoms with E-state index in [4.69, 9.17) is 0 Å². The Morgan fingerprint density at radius 1 is 1.22 bits per heavy atom. The van der Waals surface area contributed by atoms with Gasteiger partial charge >= 0.3 is 0 Å². The molecule has 0 amide bonds. The average molecular weight is 239 g/mol. The minimum absolute atomic E-state index is 0.144. The van der Waals surface area contributed by atoms with E-state index in [2.05, 4.69) is 24.9 Å². The van der Waals surface area contributed by atoms with Gasteiger partial charge < -0.3 is 0 Å². The van der Waals surface area contributed by atoms with Crippen molar-refractivity contribution in [3.05, 3.63) is 65.5 Å². The summed E-state index contributed by atoms with van der Waals surface area (Å²) in [5, 5.41) is 0. The summed E-state index contributed by atoms with van der Waals surface area (Å²) in [5.41, 5.74) is 2.94. The van der Waals surface area contributed by atoms with Gasteiger partial charge in [-0.05, 0) is 29.2 Å². The van der Waals surface area contributed by atoms with Crippen molar-refractivity contribution in [1.29, 1.82) is 0 Å². The van der Waals surface area contributed by atoms with Crippen LogP contribution < -0.4 is 0 Å². The molecule has 0 N–H and O–H groups in total. The number of hydrogen-bond acceptors (Lipinski definition) is 2. The van der Waals surface area contributed by atoms with E-state index in [1.54, 1.807) is 12.4 Å². The Bertz CT molecular complexity index is 532. The number of nitrogens with zero attached hydrogens (tertiary/aromatic N) is 1. The van der Waals surface area contributed by atoms with Gasteiger partial charge in [-0.3, -0.25) is 9.78 Å². The number of ketones is 1. The van der Waals surface area contributed by atoms with Crippen molar-refractivity contribution in [2.24, 2.45) is 0 Å². The standard InChI is InChI=1S/C16H17NO/c1-12(2)14-6-3-7-15(10-14)16(18)9-13-5-4-8-17-11-13/h3-8,10-12H,9H2,1-2H3. The van der Waals surface area contributed by atoms with Gasteiger partial charge in [0.1, 0.15) is 0 Å². The van der Waals surface area contributed by atoms with Crippen LogP contribution in [0.2, 0.25) is 0 Å². The van der Waals surface area contributed by atoms with Crippen LogP contribution in [0.15, 0.2) is 48.8 Å². The van der Waals surface area contributed by atoms with Crippen LogP contribution in [0.3, 0.4) is 0 Å². The number of benzene rings is 1. The molecule has 0 atom stereocenters. The topological polar surface area (TPSA) is 30.0 Å². The highest BCUT2D eigenvalue weighted by Gasteiger charge is 2.08. The lowest BCUT2D eigenvalue weighted by Crippen LogP contribution is -2.04. The number of hydrogen-bond donors (Lipinski definition) is 0. The minimum Gasteiger partial charge on any atom is -0.294 e. The summed E-state index contributed by atoms with van der Waals surface area (Å²) < 4.78 is 0. The van der Waals surface area contributed by atoms with E-state index in [0.717, 1.165) is 11.1 Å². The van der Waals surface area contributed by atoms with E-state index >= 15 is 0 Å². The maximum Gasteiger partial charge on any atom is 0.167 e. The Morgan fingerprint density at radius 2 is 2.06 bits per heavy atom. The van der Waals surface area contributed by atoms with Gasteiger partial charge in [0.2, 0.25) is 0 Å². The normalized spacial score (nSPS) is 10.6. The second-order valence-corrected chi connectivity index (χ2v) is 4.74. The SMILES string of the molecule is CC(C)c1cccc(C(=O)Cc2cccnc2)c1. The lowest BCUT2D eigenvalue weighted by atomic mass is 9.97. The first-order chi connectivity index (χ1) is 8.66. The van der Waals surface area contributed by atoms with Crippen LogP contribution in [0.5, 0.6) is 0 Å². The third kappa shape index (κ3) is 3.04. The Hall–Kier alpha value is -1.96. The van der Waals surface area contributed by atoms with Crippen molar-refractivity contribution in [2.45, 2.75) is 26.2 Å². The van der Waals surface area contributed by atoms with Crippen LogP contribution in [-0.4, -0.2) is 10.8 Å². The van der Waals surface area contributed by atoms with E-state index in [1.165, 1.54) is 5.56 Å². The summed E-state index contributed by atoms with van der Waals surface area (Å²) in [6, 6.07) is 11.7. The highest BCUT2D eigenvalue weighted by atomic mass is 16.1. The molecule has 2 aromatic rings. The molecule has 1 heterocycles. The highest BCUT2D eigenvalue weighted by Crippen LogP contribution is 2.16. The molecule has 1 aromatic carbocycles. The largest absolute Gasteiger partial charge is 0.294 e. The fourth-order valence-corrected chi connectivity index (χ4v) is 1.86. The molecule has 0 spiro atoms. The van der Waals surface area contributed by atoms with Gasteiger partial charge in [-0.25, -0.2) is 0 Å². The molecule has 0 saturated carbocycles. The molecule has 0 saturated heterocycles. The first kappa shape index (κ1) is 12.5. The zero-order valence-corrected chi connectivity index (χ0v) is 10.8. The van der Waals surface area contributed by atoms with Gasteiger partial charge in [0.05, 0.1) is 0 Å². The molecule has 92 valence electrons. The summed E-state index contributed by atoms with van der Waals surface area (Å²) in [4.78, 5) is 16.2. The minimum atomic E-state index is 0.144. The average Bonchev–Trinajstić information content (AvgIpc) is 2.40. The maximum atomic E-state index is 12.2. The predicted octanol–water partition coefficient (Wildman–Crippen LogP) is 3.63. The lowest BCUT2D eigenvalue weighted by molar-refractivity contribution is 0.0993. The van der Waals surface area contributed by atoms with Gasteiger partial charge in [-0.15, -0.1) is 0 Å². The lowest BCUT2D eigenvalue weighted by Gasteiger charge is -2.07. The van der Waals surface area contributed by atoms with E-state index in [9.17, 15) is 4.79 Å². The van der Waals surface area contributed by atoms with Crippen LogP contribution in [0, 0.1) is 0 Å². The molecule has 2 heteroatoms. The molecule has 18 heavy (non-hydrogen) atoms. The van der Waals surface area contributed by atoms with Crippen molar-refractivity contribution in [3.8, 4) is 0 Å². The number of aromatic nitrogens is 1. The van der Waals surface area contributed by atoms with Crippen molar-refractivity contribution in [3.63, 3.8) is 0 Å². The Kier molecular flexibility index (Phi) is 3.88. The third-order valence-corrected chi connectivity index (χ3v) is 2.96. The molecule has 0 bridgehead atoms. The number of Topliss-reactive ketones (excluding diaryl/α,β-unsaturated/α-hetero) is 1. The van der Waals surface area contributed by atoms with E-state index in [-0.39, 0.29) is 5.78 Å². The summed E-state index contributed by atoms with van der Waals surface area (Å²) in [7, 11) is 0. The van der Waals surface area contributed by atoms with Crippen molar-refractivity contribution in [1.82, 2.24) is 4.98 Å². The molecular formula is C16H17NO. The Morgan fingerprint density at radius 3 is 2.72 bits per heavy atom. The van der Waals surface area contributed by atoms with Crippen LogP contribution in [-0.2, 0) is 6.42 Å². The number of carbonyl (C=O) groups excluding carboxylic acids is 1. The van der Waals surface area contributed by atoms with E-state index in [0.29, 0.717) is 12.3 Å². The molecule has 2 rings (SSSR count). The van der Waals surface area contributed by atoms with Crippen LogP contribution in [0.1, 0.15) is 41.3 Å². The highest BCUT2D eigenvalue weighted by molar-refractivity contribution is 5.97. The number of rotatable bonds is 4. The smallest absolute Gasteiger partial charge is 0.167 e. The zero-order chi connectivity index (χ0) is 13.0. The van der Waals surface area contributed by atoms with Gasteiger partial charge in [-0.1, -0.05) is 38.1 Å². The van der Waals surface area contributed by atoms with Crippen LogP contribution >= 0.6 is 0 Å². The Labute approximate surface area is 108 Å². The van der Waals surface area contributed by atoms with Crippen molar-refractivity contribution in [2.75, 3.05) is 0 Å². The van der Waals surface area contributed by atoms with Gasteiger partial charge in [0.25, 0.3) is 0 Å². The molecule has 0 unspecified atom stereocenters. The van der Waals surface area contributed by atoms with Gasteiger partial charge in [0, 0.05) is 24.4 Å². The monoisotopic (exact) mass is 239 g/mol. The molecule has 2 nitrogen and oxygen atoms in total. The third-order valence-electron chi connectivity index (χ3n) is 2.96. The van der Waals surface area contributed by atoms with Crippen LogP contribution in [0.25, 0.3) is 0 Å². The van der Waals surface area contributed by atoms with E-state index in [1.807, 2.05) is 30.3 Å². The van der Waals surface area contributed by atoms with Crippen LogP contribution in [0.4, 0.5) is 0 Å². The second-order valence-electron chi connectivity index (χ2n) is 4.74. The summed E-state index contributed by atoms with van der Waals surface area (Å²) in [6.07, 6.45) is 3.87. The zero-order valence-electron chi connectivity index (χ0n) is 10.8. The summed E-state index contributed by atoms with van der Waals surface area (Å²) in [5.74, 6) is 0.585. The molecule has 1 aromatic heterocycles. The molecule has 0 aliphatic carbocycles. The molecule has 0 aliphatic heterocycles. The quantitative estimate of drug-likeness (QED) is 0.762. The first-order valence-electron chi connectivity index (χ1n) is 6.19.